The lowest BCUT2D eigenvalue weighted by Crippen LogP contribution is -2.22. The predicted octanol–water partition coefficient (Wildman–Crippen LogP) is 9.12. The SMILES string of the molecule is Cc1cccc2c1N(p1oc3ccc4ccccc4c3c3c(ccc4ccccc43)o1)CCC2. The van der Waals surface area contributed by atoms with Gasteiger partial charge in [-0.05, 0) is 64.6 Å². The Labute approximate surface area is 198 Å². The third-order valence-corrected chi connectivity index (χ3v) is 8.48. The van der Waals surface area contributed by atoms with Crippen LogP contribution in [0, 0.1) is 6.92 Å². The van der Waals surface area contributed by atoms with Crippen molar-refractivity contribution in [3.05, 3.63) is 102 Å². The highest BCUT2D eigenvalue weighted by molar-refractivity contribution is 7.39. The molecule has 0 saturated heterocycles. The maximum Gasteiger partial charge on any atom is 0.341 e. The van der Waals surface area contributed by atoms with Gasteiger partial charge in [0, 0.05) is 17.3 Å². The zero-order valence-electron chi connectivity index (χ0n) is 19.0. The maximum absolute atomic E-state index is 6.82. The topological polar surface area (TPSA) is 29.5 Å². The first-order valence-corrected chi connectivity index (χ1v) is 13.0. The number of anilines is 1. The van der Waals surface area contributed by atoms with E-state index in [0.29, 0.717) is 0 Å². The van der Waals surface area contributed by atoms with E-state index in [1.165, 1.54) is 38.4 Å². The van der Waals surface area contributed by atoms with E-state index >= 15 is 0 Å². The Balaban J connectivity index is 1.67. The molecule has 6 aromatic rings. The molecule has 1 aliphatic rings. The van der Waals surface area contributed by atoms with Crippen molar-refractivity contribution in [1.82, 2.24) is 0 Å². The summed E-state index contributed by atoms with van der Waals surface area (Å²) in [4.78, 5) is 0. The van der Waals surface area contributed by atoms with Gasteiger partial charge in [-0.3, -0.25) is 4.67 Å². The van der Waals surface area contributed by atoms with E-state index in [1.807, 2.05) is 0 Å². The van der Waals surface area contributed by atoms with Gasteiger partial charge in [-0.25, -0.2) is 0 Å². The molecule has 0 unspecified atom stereocenters. The highest BCUT2D eigenvalue weighted by atomic mass is 31.1. The summed E-state index contributed by atoms with van der Waals surface area (Å²) in [6.07, 6.45) is 2.19. The summed E-state index contributed by atoms with van der Waals surface area (Å²) in [5.41, 5.74) is 5.70. The highest BCUT2D eigenvalue weighted by Crippen LogP contribution is 2.47. The van der Waals surface area contributed by atoms with Crippen LogP contribution in [-0.2, 0) is 6.42 Å². The van der Waals surface area contributed by atoms with E-state index in [9.17, 15) is 0 Å². The second-order valence-electron chi connectivity index (χ2n) is 9.05. The summed E-state index contributed by atoms with van der Waals surface area (Å²) in [5.74, 6) is 0. The largest absolute Gasteiger partial charge is 0.404 e. The molecule has 0 bridgehead atoms. The van der Waals surface area contributed by atoms with Crippen LogP contribution in [0.15, 0.2) is 99.4 Å². The van der Waals surface area contributed by atoms with E-state index in [4.69, 9.17) is 8.39 Å². The number of rotatable bonds is 1. The molecule has 1 aliphatic heterocycles. The molecule has 2 heterocycles. The van der Waals surface area contributed by atoms with E-state index in [2.05, 4.69) is 103 Å². The molecule has 34 heavy (non-hydrogen) atoms. The quantitative estimate of drug-likeness (QED) is 0.244. The van der Waals surface area contributed by atoms with Crippen LogP contribution < -0.4 is 4.67 Å². The summed E-state index contributed by atoms with van der Waals surface area (Å²) in [7, 11) is -1.37. The molecule has 0 spiro atoms. The molecule has 1 aromatic heterocycles. The first kappa shape index (κ1) is 19.8. The minimum absolute atomic E-state index is 0.889. The Hall–Kier alpha value is -3.68. The first-order chi connectivity index (χ1) is 16.8. The van der Waals surface area contributed by atoms with Gasteiger partial charge >= 0.3 is 8.16 Å². The summed E-state index contributed by atoms with van der Waals surface area (Å²) in [6.45, 7) is 3.11. The van der Waals surface area contributed by atoms with Crippen molar-refractivity contribution >= 4 is 57.3 Å². The first-order valence-electron chi connectivity index (χ1n) is 11.8. The van der Waals surface area contributed by atoms with E-state index in [1.54, 1.807) is 0 Å². The fraction of sp³-hybridized carbons (Fsp3) is 0.133. The fourth-order valence-corrected chi connectivity index (χ4v) is 7.07. The second-order valence-corrected chi connectivity index (χ2v) is 10.4. The van der Waals surface area contributed by atoms with Crippen molar-refractivity contribution < 1.29 is 8.39 Å². The Kier molecular flexibility index (Phi) is 4.47. The number of fused-ring (bicyclic) bond motifs is 8. The van der Waals surface area contributed by atoms with Crippen LogP contribution in [0.1, 0.15) is 17.5 Å². The zero-order chi connectivity index (χ0) is 22.6. The molecular weight excluding hydrogens is 437 g/mol. The third-order valence-electron chi connectivity index (χ3n) is 6.98. The van der Waals surface area contributed by atoms with Crippen molar-refractivity contribution in [2.24, 2.45) is 0 Å². The van der Waals surface area contributed by atoms with Crippen LogP contribution in [0.3, 0.4) is 0 Å². The van der Waals surface area contributed by atoms with Gasteiger partial charge in [-0.1, -0.05) is 78.9 Å². The molecule has 0 atom stereocenters. The minimum atomic E-state index is -1.37. The van der Waals surface area contributed by atoms with Crippen molar-refractivity contribution in [3.8, 4) is 0 Å². The monoisotopic (exact) mass is 461 g/mol. The molecule has 5 aromatic carbocycles. The molecule has 3 nitrogen and oxygen atoms in total. The number of hydrogen-bond donors (Lipinski definition) is 0. The molecule has 7 rings (SSSR count). The number of para-hydroxylation sites is 1. The zero-order valence-corrected chi connectivity index (χ0v) is 19.9. The lowest BCUT2D eigenvalue weighted by Gasteiger charge is -2.29. The maximum atomic E-state index is 6.82. The van der Waals surface area contributed by atoms with Crippen molar-refractivity contribution in [3.63, 3.8) is 0 Å². The Morgan fingerprint density at radius 1 is 0.676 bits per heavy atom. The van der Waals surface area contributed by atoms with E-state index in [0.717, 1.165) is 41.3 Å². The number of hydrogen-bond acceptors (Lipinski definition) is 3. The Morgan fingerprint density at radius 2 is 1.29 bits per heavy atom. The normalized spacial score (nSPS) is 13.6. The van der Waals surface area contributed by atoms with Crippen LogP contribution in [0.5, 0.6) is 0 Å². The van der Waals surface area contributed by atoms with Gasteiger partial charge in [0.25, 0.3) is 0 Å². The van der Waals surface area contributed by atoms with Crippen LogP contribution in [0.25, 0.3) is 43.5 Å². The molecule has 0 fully saturated rings. The van der Waals surface area contributed by atoms with Gasteiger partial charge in [0.1, 0.15) is 11.2 Å². The molecular formula is C30H24NO2P. The molecule has 0 amide bonds. The van der Waals surface area contributed by atoms with E-state index in [-0.39, 0.29) is 0 Å². The van der Waals surface area contributed by atoms with Gasteiger partial charge in [0.2, 0.25) is 0 Å². The van der Waals surface area contributed by atoms with Gasteiger partial charge in [-0.15, -0.1) is 0 Å². The van der Waals surface area contributed by atoms with Crippen LogP contribution >= 0.6 is 8.16 Å². The highest BCUT2D eigenvalue weighted by Gasteiger charge is 2.24. The van der Waals surface area contributed by atoms with Crippen LogP contribution in [0.4, 0.5) is 5.69 Å². The smallest absolute Gasteiger partial charge is 0.341 e. The molecule has 4 heteroatoms. The summed E-state index contributed by atoms with van der Waals surface area (Å²) < 4.78 is 16.0. The van der Waals surface area contributed by atoms with Crippen molar-refractivity contribution in [1.29, 1.82) is 0 Å². The second kappa shape index (κ2) is 7.68. The van der Waals surface area contributed by atoms with Crippen LogP contribution in [-0.4, -0.2) is 6.54 Å². The average molecular weight is 462 g/mol. The predicted molar refractivity (Wildman–Crippen MR) is 144 cm³/mol. The fourth-order valence-electron chi connectivity index (χ4n) is 5.44. The van der Waals surface area contributed by atoms with Crippen molar-refractivity contribution in [2.75, 3.05) is 11.2 Å². The van der Waals surface area contributed by atoms with Gasteiger partial charge in [0.05, 0.1) is 5.69 Å². The lowest BCUT2D eigenvalue weighted by atomic mass is 9.99. The Morgan fingerprint density at radius 3 is 1.94 bits per heavy atom. The lowest BCUT2D eigenvalue weighted by molar-refractivity contribution is 0.625. The molecule has 0 aliphatic carbocycles. The molecule has 0 saturated carbocycles. The minimum Gasteiger partial charge on any atom is -0.404 e. The molecule has 166 valence electrons. The summed E-state index contributed by atoms with van der Waals surface area (Å²) >= 11 is 0. The standard InChI is InChI=1S/C30H24NO2P/c1-20-8-6-11-23-12-7-19-31(30(20)23)34-32-26-17-15-21-9-2-4-13-24(21)28(26)29-25-14-5-3-10-22(25)16-18-27(29)33-34/h2-6,8-11,13-18H,7,12,19H2,1H3. The van der Waals surface area contributed by atoms with Gasteiger partial charge < -0.3 is 8.39 Å². The molecule has 0 N–H and O–H groups in total. The Bertz CT molecular complexity index is 1670. The summed E-state index contributed by atoms with van der Waals surface area (Å²) in [5, 5.41) is 7.03. The van der Waals surface area contributed by atoms with Gasteiger partial charge in [-0.2, -0.15) is 0 Å². The van der Waals surface area contributed by atoms with Crippen LogP contribution in [0.2, 0.25) is 0 Å². The number of benzene rings is 5. The number of nitrogens with zero attached hydrogens (tertiary/aromatic N) is 1. The summed E-state index contributed by atoms with van der Waals surface area (Å²) in [6, 6.07) is 32.2. The average Bonchev–Trinajstić information content (AvgIpc) is 3.06. The van der Waals surface area contributed by atoms with Gasteiger partial charge in [0.15, 0.2) is 0 Å². The molecule has 0 radical (unpaired) electrons. The third kappa shape index (κ3) is 2.97. The van der Waals surface area contributed by atoms with E-state index < -0.39 is 8.16 Å². The number of aryl methyl sites for hydroxylation is 2. The van der Waals surface area contributed by atoms with Crippen molar-refractivity contribution in [2.45, 2.75) is 19.8 Å².